The molecule has 1 aromatic carbocycles. The first kappa shape index (κ1) is 16.3. The van der Waals surface area contributed by atoms with E-state index >= 15 is 0 Å². The molecular formula is C14H19Cl2NO2. The normalized spacial score (nSPS) is 14.4. The molecule has 1 atom stereocenters. The number of hydrogen-bond donors (Lipinski definition) is 1. The van der Waals surface area contributed by atoms with E-state index in [1.807, 2.05) is 26.8 Å². The van der Waals surface area contributed by atoms with Crippen molar-refractivity contribution in [3.05, 3.63) is 33.8 Å². The molecule has 1 N–H and O–H groups in total. The van der Waals surface area contributed by atoms with Crippen LogP contribution in [0.15, 0.2) is 18.2 Å². The number of carboxylic acids is 1. The van der Waals surface area contributed by atoms with E-state index in [4.69, 9.17) is 23.2 Å². The first-order valence-electron chi connectivity index (χ1n) is 6.27. The van der Waals surface area contributed by atoms with Gasteiger partial charge in [-0.3, -0.25) is 9.69 Å². The van der Waals surface area contributed by atoms with E-state index in [1.165, 1.54) is 0 Å². The molecule has 0 aliphatic carbocycles. The van der Waals surface area contributed by atoms with Crippen LogP contribution in [0.1, 0.15) is 32.8 Å². The molecule has 3 nitrogen and oxygen atoms in total. The van der Waals surface area contributed by atoms with Crippen molar-refractivity contribution >= 4 is 29.2 Å². The number of halogens is 2. The summed E-state index contributed by atoms with van der Waals surface area (Å²) in [5.41, 5.74) is 0.275. The topological polar surface area (TPSA) is 40.5 Å². The van der Waals surface area contributed by atoms with Crippen molar-refractivity contribution < 1.29 is 9.90 Å². The van der Waals surface area contributed by atoms with Crippen LogP contribution in [0.5, 0.6) is 0 Å². The highest BCUT2D eigenvalue weighted by atomic mass is 35.5. The van der Waals surface area contributed by atoms with Crippen molar-refractivity contribution in [2.45, 2.75) is 32.7 Å². The summed E-state index contributed by atoms with van der Waals surface area (Å²) < 4.78 is 0. The molecule has 5 heteroatoms. The molecule has 0 aliphatic heterocycles. The van der Waals surface area contributed by atoms with Gasteiger partial charge in [0.15, 0.2) is 0 Å². The van der Waals surface area contributed by atoms with Crippen LogP contribution in [-0.4, -0.2) is 29.1 Å². The van der Waals surface area contributed by atoms with Crippen molar-refractivity contribution in [2.24, 2.45) is 0 Å². The molecule has 0 radical (unpaired) electrons. The number of nitrogens with zero attached hydrogens (tertiary/aromatic N) is 1. The number of carboxylic acid groups (broad SMARTS) is 1. The van der Waals surface area contributed by atoms with Crippen LogP contribution in [0, 0.1) is 0 Å². The molecule has 0 spiro atoms. The first-order valence-corrected chi connectivity index (χ1v) is 7.03. The molecule has 0 heterocycles. The molecule has 0 aliphatic rings. The Hall–Kier alpha value is -0.770. The Morgan fingerprint density at radius 3 is 2.26 bits per heavy atom. The Kier molecular flexibility index (Phi) is 5.65. The third-order valence-corrected chi connectivity index (χ3v) is 4.24. The number of aliphatic carboxylic acids is 1. The Morgan fingerprint density at radius 1 is 1.26 bits per heavy atom. The van der Waals surface area contributed by atoms with Gasteiger partial charge in [0.25, 0.3) is 0 Å². The average molecular weight is 304 g/mol. The summed E-state index contributed by atoms with van der Waals surface area (Å²) in [6.07, 6.45) is 0.0205. The molecule has 0 aromatic heterocycles. The van der Waals surface area contributed by atoms with Crippen molar-refractivity contribution in [1.29, 1.82) is 0 Å². The van der Waals surface area contributed by atoms with Crippen LogP contribution in [0.3, 0.4) is 0 Å². The summed E-state index contributed by atoms with van der Waals surface area (Å²) >= 11 is 12.0. The number of hydrogen-bond acceptors (Lipinski definition) is 2. The van der Waals surface area contributed by atoms with E-state index in [0.717, 1.165) is 18.7 Å². The highest BCUT2D eigenvalue weighted by Crippen LogP contribution is 2.35. The van der Waals surface area contributed by atoms with Crippen molar-refractivity contribution in [3.63, 3.8) is 0 Å². The van der Waals surface area contributed by atoms with E-state index in [0.29, 0.717) is 10.0 Å². The zero-order chi connectivity index (χ0) is 14.6. The number of rotatable bonds is 6. The number of benzene rings is 1. The second-order valence-electron chi connectivity index (χ2n) is 4.65. The van der Waals surface area contributed by atoms with Crippen LogP contribution in [0.4, 0.5) is 0 Å². The van der Waals surface area contributed by atoms with Gasteiger partial charge >= 0.3 is 5.97 Å². The predicted molar refractivity (Wildman–Crippen MR) is 79.0 cm³/mol. The lowest BCUT2D eigenvalue weighted by molar-refractivity contribution is -0.140. The van der Waals surface area contributed by atoms with Gasteiger partial charge in [0.1, 0.15) is 0 Å². The van der Waals surface area contributed by atoms with E-state index in [-0.39, 0.29) is 6.42 Å². The largest absolute Gasteiger partial charge is 0.481 e. The minimum Gasteiger partial charge on any atom is -0.481 e. The van der Waals surface area contributed by atoms with Crippen LogP contribution in [-0.2, 0) is 10.3 Å². The van der Waals surface area contributed by atoms with Gasteiger partial charge in [0.05, 0.1) is 22.0 Å². The molecule has 0 amide bonds. The van der Waals surface area contributed by atoms with Gasteiger partial charge in [-0.1, -0.05) is 43.1 Å². The summed E-state index contributed by atoms with van der Waals surface area (Å²) in [6, 6.07) is 5.31. The van der Waals surface area contributed by atoms with Crippen molar-refractivity contribution in [3.8, 4) is 0 Å². The summed E-state index contributed by atoms with van der Waals surface area (Å²) in [5, 5.41) is 10.1. The second-order valence-corrected chi connectivity index (χ2v) is 5.46. The van der Waals surface area contributed by atoms with Gasteiger partial charge in [0.2, 0.25) is 0 Å². The lowest BCUT2D eigenvalue weighted by Gasteiger charge is -2.40. The average Bonchev–Trinajstić information content (AvgIpc) is 2.33. The monoisotopic (exact) mass is 303 g/mol. The van der Waals surface area contributed by atoms with E-state index in [1.54, 1.807) is 12.1 Å². The summed E-state index contributed by atoms with van der Waals surface area (Å²) in [4.78, 5) is 13.3. The molecule has 1 rings (SSSR count). The van der Waals surface area contributed by atoms with E-state index in [9.17, 15) is 9.90 Å². The van der Waals surface area contributed by atoms with Gasteiger partial charge in [-0.2, -0.15) is 0 Å². The molecule has 19 heavy (non-hydrogen) atoms. The Bertz CT molecular complexity index is 461. The first-order chi connectivity index (χ1) is 8.85. The summed E-state index contributed by atoms with van der Waals surface area (Å²) in [6.45, 7) is 7.48. The van der Waals surface area contributed by atoms with Gasteiger partial charge in [-0.25, -0.2) is 0 Å². The zero-order valence-corrected chi connectivity index (χ0v) is 12.9. The third-order valence-electron chi connectivity index (χ3n) is 3.50. The molecule has 1 unspecified atom stereocenters. The van der Waals surface area contributed by atoms with Crippen LogP contribution in [0.25, 0.3) is 0 Å². The maximum absolute atomic E-state index is 11.2. The van der Waals surface area contributed by atoms with Crippen LogP contribution >= 0.6 is 23.2 Å². The van der Waals surface area contributed by atoms with E-state index in [2.05, 4.69) is 4.90 Å². The highest BCUT2D eigenvalue weighted by molar-refractivity contribution is 6.42. The lowest BCUT2D eigenvalue weighted by atomic mass is 9.86. The van der Waals surface area contributed by atoms with Gasteiger partial charge in [-0.15, -0.1) is 0 Å². The Balaban J connectivity index is 3.29. The summed E-state index contributed by atoms with van der Waals surface area (Å²) in [7, 11) is 0. The van der Waals surface area contributed by atoms with Crippen molar-refractivity contribution in [1.82, 2.24) is 4.90 Å². The lowest BCUT2D eigenvalue weighted by Crippen LogP contribution is -2.45. The standard InChI is InChI=1S/C14H19Cl2NO2/c1-4-17(5-2)14(3,9-13(18)19)10-6-7-11(15)12(16)8-10/h6-8H,4-5,9H2,1-3H3,(H,18,19). The predicted octanol–water partition coefficient (Wildman–Crippen LogP) is 4.03. The second kappa shape index (κ2) is 6.60. The minimum absolute atomic E-state index is 0.0205. The molecule has 0 saturated heterocycles. The fourth-order valence-corrected chi connectivity index (χ4v) is 2.74. The van der Waals surface area contributed by atoms with Crippen LogP contribution < -0.4 is 0 Å². The maximum Gasteiger partial charge on any atom is 0.305 e. The van der Waals surface area contributed by atoms with Gasteiger partial charge in [0, 0.05) is 0 Å². The molecule has 0 bridgehead atoms. The number of carbonyl (C=O) groups is 1. The fraction of sp³-hybridized carbons (Fsp3) is 0.500. The van der Waals surface area contributed by atoms with Gasteiger partial charge in [-0.05, 0) is 37.7 Å². The van der Waals surface area contributed by atoms with Gasteiger partial charge < -0.3 is 5.11 Å². The fourth-order valence-electron chi connectivity index (χ4n) is 2.44. The smallest absolute Gasteiger partial charge is 0.305 e. The third kappa shape index (κ3) is 3.62. The maximum atomic E-state index is 11.2. The molecular weight excluding hydrogens is 285 g/mol. The summed E-state index contributed by atoms with van der Waals surface area (Å²) in [5.74, 6) is -0.833. The SMILES string of the molecule is CCN(CC)C(C)(CC(=O)O)c1ccc(Cl)c(Cl)c1. The van der Waals surface area contributed by atoms with Crippen molar-refractivity contribution in [2.75, 3.05) is 13.1 Å². The van der Waals surface area contributed by atoms with Crippen LogP contribution in [0.2, 0.25) is 10.0 Å². The molecule has 106 valence electrons. The Morgan fingerprint density at radius 2 is 1.84 bits per heavy atom. The molecule has 0 fully saturated rings. The minimum atomic E-state index is -0.833. The molecule has 1 aromatic rings. The highest BCUT2D eigenvalue weighted by Gasteiger charge is 2.34. The quantitative estimate of drug-likeness (QED) is 0.862. The van der Waals surface area contributed by atoms with E-state index < -0.39 is 11.5 Å². The Labute approximate surface area is 124 Å². The zero-order valence-electron chi connectivity index (χ0n) is 11.4. The molecule has 0 saturated carbocycles.